The normalized spacial score (nSPS) is 11.8. The van der Waals surface area contributed by atoms with Gasteiger partial charge in [0.1, 0.15) is 6.07 Å². The van der Waals surface area contributed by atoms with Crippen molar-refractivity contribution >= 4 is 11.7 Å². The van der Waals surface area contributed by atoms with Crippen LogP contribution in [0.2, 0.25) is 0 Å². The van der Waals surface area contributed by atoms with E-state index in [0.717, 1.165) is 0 Å². The van der Waals surface area contributed by atoms with Crippen molar-refractivity contribution in [3.63, 3.8) is 0 Å². The summed E-state index contributed by atoms with van der Waals surface area (Å²) in [7, 11) is 0. The molecule has 0 aliphatic heterocycles. The summed E-state index contributed by atoms with van der Waals surface area (Å²) in [5.74, 6) is -0.557. The highest BCUT2D eigenvalue weighted by Crippen LogP contribution is 2.12. The van der Waals surface area contributed by atoms with Gasteiger partial charge in [0.2, 0.25) is 6.10 Å². The maximum absolute atomic E-state index is 11.5. The summed E-state index contributed by atoms with van der Waals surface area (Å²) < 4.78 is 4.90. The third-order valence-corrected chi connectivity index (χ3v) is 2.25. The number of carbonyl (C=O) groups excluding carboxylic acids is 1. The van der Waals surface area contributed by atoms with Crippen LogP contribution >= 0.6 is 0 Å². The van der Waals surface area contributed by atoms with Crippen LogP contribution in [-0.4, -0.2) is 17.0 Å². The van der Waals surface area contributed by atoms with E-state index in [1.807, 2.05) is 6.07 Å². The molecule has 0 spiro atoms. The zero-order valence-electron chi connectivity index (χ0n) is 10.3. The van der Waals surface area contributed by atoms with Crippen LogP contribution in [0.1, 0.15) is 12.5 Å². The molecule has 0 aromatic heterocycles. The van der Waals surface area contributed by atoms with E-state index in [9.17, 15) is 14.9 Å². The summed E-state index contributed by atoms with van der Waals surface area (Å²) in [6.45, 7) is 1.72. The van der Waals surface area contributed by atoms with Gasteiger partial charge in [-0.15, -0.1) is 0 Å². The Labute approximate surface area is 110 Å². The molecule has 0 heterocycles. The molecule has 0 bridgehead atoms. The Hall–Kier alpha value is -2.68. The van der Waals surface area contributed by atoms with Crippen LogP contribution in [0.5, 0.6) is 0 Å². The number of benzene rings is 1. The van der Waals surface area contributed by atoms with Gasteiger partial charge in [-0.1, -0.05) is 18.2 Å². The van der Waals surface area contributed by atoms with E-state index in [0.29, 0.717) is 5.56 Å². The first-order valence-electron chi connectivity index (χ1n) is 5.52. The molecule has 0 amide bonds. The van der Waals surface area contributed by atoms with Crippen LogP contribution in [-0.2, 0) is 16.0 Å². The maximum atomic E-state index is 11.5. The summed E-state index contributed by atoms with van der Waals surface area (Å²) in [6, 6.07) is 7.42. The molecule has 19 heavy (non-hydrogen) atoms. The lowest BCUT2D eigenvalue weighted by molar-refractivity contribution is -0.384. The number of hydrogen-bond acceptors (Lipinski definition) is 5. The molecule has 1 atom stereocenters. The molecule has 0 saturated carbocycles. The minimum absolute atomic E-state index is 0.0340. The third-order valence-electron chi connectivity index (χ3n) is 2.25. The summed E-state index contributed by atoms with van der Waals surface area (Å²) >= 11 is 0. The van der Waals surface area contributed by atoms with Crippen LogP contribution in [0.3, 0.4) is 0 Å². The number of hydrogen-bond donors (Lipinski definition) is 0. The first kappa shape index (κ1) is 14.4. The van der Waals surface area contributed by atoms with E-state index in [4.69, 9.17) is 10.00 Å². The fraction of sp³-hybridized carbons (Fsp3) is 0.231. The van der Waals surface area contributed by atoms with E-state index in [1.54, 1.807) is 13.0 Å². The number of ether oxygens (including phenoxy) is 1. The van der Waals surface area contributed by atoms with E-state index < -0.39 is 17.0 Å². The molecule has 1 unspecified atom stereocenters. The Bertz CT molecular complexity index is 529. The molecule has 6 heteroatoms. The number of carbonyl (C=O) groups is 1. The van der Waals surface area contributed by atoms with Gasteiger partial charge in [-0.2, -0.15) is 5.26 Å². The Morgan fingerprint density at radius 1 is 1.53 bits per heavy atom. The predicted molar refractivity (Wildman–Crippen MR) is 67.1 cm³/mol. The predicted octanol–water partition coefficient (Wildman–Crippen LogP) is 2.15. The monoisotopic (exact) mass is 260 g/mol. The molecule has 1 rings (SSSR count). The smallest absolute Gasteiger partial charge is 0.311 e. The number of allylic oxidation sites excluding steroid dienone is 1. The van der Waals surface area contributed by atoms with Crippen molar-refractivity contribution in [2.45, 2.75) is 19.4 Å². The average Bonchev–Trinajstić information content (AvgIpc) is 2.38. The number of esters is 1. The van der Waals surface area contributed by atoms with Gasteiger partial charge in [0.25, 0.3) is 5.69 Å². The van der Waals surface area contributed by atoms with Crippen molar-refractivity contribution in [3.8, 4) is 6.07 Å². The third kappa shape index (κ3) is 4.60. The molecule has 0 radical (unpaired) electrons. The first-order valence-corrected chi connectivity index (χ1v) is 5.52. The van der Waals surface area contributed by atoms with Crippen molar-refractivity contribution in [3.05, 3.63) is 52.1 Å². The molecular weight excluding hydrogens is 248 g/mol. The number of nitro benzene ring substituents is 1. The van der Waals surface area contributed by atoms with Crippen LogP contribution < -0.4 is 0 Å². The van der Waals surface area contributed by atoms with Crippen LogP contribution in [0, 0.1) is 21.4 Å². The van der Waals surface area contributed by atoms with Crippen molar-refractivity contribution in [1.29, 1.82) is 5.26 Å². The highest BCUT2D eigenvalue weighted by Gasteiger charge is 2.12. The quantitative estimate of drug-likeness (QED) is 0.350. The molecule has 0 saturated heterocycles. The molecule has 6 nitrogen and oxygen atoms in total. The SMILES string of the molecule is CC=CC(C#N)OC(=O)Cc1ccc([N+](=O)[O-])cc1. The van der Waals surface area contributed by atoms with Crippen LogP contribution in [0.15, 0.2) is 36.4 Å². The van der Waals surface area contributed by atoms with Gasteiger partial charge in [-0.05, 0) is 18.6 Å². The second kappa shape index (κ2) is 6.91. The lowest BCUT2D eigenvalue weighted by Gasteiger charge is -2.06. The van der Waals surface area contributed by atoms with E-state index in [1.165, 1.54) is 30.3 Å². The number of nitriles is 1. The largest absolute Gasteiger partial charge is 0.442 e. The Morgan fingerprint density at radius 3 is 2.63 bits per heavy atom. The number of nitro groups is 1. The van der Waals surface area contributed by atoms with Crippen molar-refractivity contribution in [2.75, 3.05) is 0 Å². The highest BCUT2D eigenvalue weighted by atomic mass is 16.6. The lowest BCUT2D eigenvalue weighted by Crippen LogP contribution is -2.16. The summed E-state index contributed by atoms with van der Waals surface area (Å²) in [5, 5.41) is 19.2. The molecule has 1 aromatic carbocycles. The Kier molecular flexibility index (Phi) is 5.23. The lowest BCUT2D eigenvalue weighted by atomic mass is 10.1. The number of non-ortho nitro benzene ring substituents is 1. The second-order valence-corrected chi connectivity index (χ2v) is 3.67. The van der Waals surface area contributed by atoms with Gasteiger partial charge in [0, 0.05) is 12.1 Å². The Balaban J connectivity index is 2.62. The maximum Gasteiger partial charge on any atom is 0.311 e. The van der Waals surface area contributed by atoms with Crippen LogP contribution in [0.25, 0.3) is 0 Å². The van der Waals surface area contributed by atoms with Gasteiger partial charge in [0.15, 0.2) is 0 Å². The minimum atomic E-state index is -0.907. The fourth-order valence-electron chi connectivity index (χ4n) is 1.37. The zero-order chi connectivity index (χ0) is 14.3. The summed E-state index contributed by atoms with van der Waals surface area (Å²) in [6.07, 6.45) is 2.14. The molecule has 0 N–H and O–H groups in total. The zero-order valence-corrected chi connectivity index (χ0v) is 10.3. The molecule has 1 aromatic rings. The Morgan fingerprint density at radius 2 is 2.16 bits per heavy atom. The number of nitrogens with zero attached hydrogens (tertiary/aromatic N) is 2. The number of rotatable bonds is 5. The van der Waals surface area contributed by atoms with Crippen molar-refractivity contribution in [2.24, 2.45) is 0 Å². The van der Waals surface area contributed by atoms with Gasteiger partial charge in [-0.3, -0.25) is 14.9 Å². The first-order chi connectivity index (χ1) is 9.06. The van der Waals surface area contributed by atoms with Gasteiger partial charge < -0.3 is 4.74 Å². The minimum Gasteiger partial charge on any atom is -0.442 e. The van der Waals surface area contributed by atoms with Crippen LogP contribution in [0.4, 0.5) is 5.69 Å². The summed E-state index contributed by atoms with van der Waals surface area (Å²) in [4.78, 5) is 21.5. The van der Waals surface area contributed by atoms with Crippen molar-refractivity contribution in [1.82, 2.24) is 0 Å². The molecule has 98 valence electrons. The average molecular weight is 260 g/mol. The molecule has 0 fully saturated rings. The topological polar surface area (TPSA) is 93.2 Å². The molecular formula is C13H12N2O4. The molecule has 0 aliphatic carbocycles. The van der Waals surface area contributed by atoms with Gasteiger partial charge >= 0.3 is 5.97 Å². The van der Waals surface area contributed by atoms with Crippen molar-refractivity contribution < 1.29 is 14.5 Å². The molecule has 0 aliphatic rings. The van der Waals surface area contributed by atoms with Gasteiger partial charge in [0.05, 0.1) is 11.3 Å². The van der Waals surface area contributed by atoms with E-state index >= 15 is 0 Å². The second-order valence-electron chi connectivity index (χ2n) is 3.67. The van der Waals surface area contributed by atoms with E-state index in [2.05, 4.69) is 0 Å². The van der Waals surface area contributed by atoms with E-state index in [-0.39, 0.29) is 12.1 Å². The summed E-state index contributed by atoms with van der Waals surface area (Å²) in [5.41, 5.74) is 0.550. The fourth-order valence-corrected chi connectivity index (χ4v) is 1.37. The highest BCUT2D eigenvalue weighted by molar-refractivity contribution is 5.73. The standard InChI is InChI=1S/C13H12N2O4/c1-2-3-12(9-14)19-13(16)8-10-4-6-11(7-5-10)15(17)18/h2-7,12H,8H2,1H3. The van der Waals surface area contributed by atoms with Gasteiger partial charge in [-0.25, -0.2) is 0 Å².